The largest absolute Gasteiger partial charge is 0.496 e. The molecule has 1 spiro atoms. The first-order valence-electron chi connectivity index (χ1n) is 21.4. The lowest BCUT2D eigenvalue weighted by molar-refractivity contribution is -0.228. The topological polar surface area (TPSA) is 167 Å². The third kappa shape index (κ3) is 4.63. The summed E-state index contributed by atoms with van der Waals surface area (Å²) in [5.41, 5.74) is -1.70. The minimum Gasteiger partial charge on any atom is -0.496 e. The molecule has 14 nitrogen and oxygen atoms in total. The van der Waals surface area contributed by atoms with Gasteiger partial charge in [-0.3, -0.25) is 19.4 Å². The molecule has 0 radical (unpaired) electrons. The van der Waals surface area contributed by atoms with E-state index in [0.29, 0.717) is 68.9 Å². The number of likely N-dealkylation sites (N-methyl/N-ethyl adjacent to an activating group) is 1. The lowest BCUT2D eigenvalue weighted by Crippen LogP contribution is -2.81. The predicted molar refractivity (Wildman–Crippen MR) is 220 cm³/mol. The average molecular weight is 825 g/mol. The quantitative estimate of drug-likeness (QED) is 0.138. The van der Waals surface area contributed by atoms with Crippen LogP contribution in [0.25, 0.3) is 10.9 Å². The Bertz CT molecular complexity index is 2350. The molecular formula is C46H56N4O10. The number of para-hydroxylation sites is 1. The first-order chi connectivity index (χ1) is 28.8. The second kappa shape index (κ2) is 13.3. The molecule has 7 heterocycles. The Labute approximate surface area is 349 Å². The van der Waals surface area contributed by atoms with Crippen molar-refractivity contribution < 1.29 is 48.3 Å². The van der Waals surface area contributed by atoms with Crippen LogP contribution in [-0.2, 0) is 50.6 Å². The molecule has 60 heavy (non-hydrogen) atoms. The van der Waals surface area contributed by atoms with Crippen LogP contribution in [0.5, 0.6) is 5.75 Å². The first kappa shape index (κ1) is 39.7. The highest BCUT2D eigenvalue weighted by Gasteiger charge is 2.80. The molecule has 14 heteroatoms. The third-order valence-corrected chi connectivity index (χ3v) is 16.2. The van der Waals surface area contributed by atoms with Crippen LogP contribution in [0.4, 0.5) is 5.69 Å². The molecular weight excluding hydrogens is 769 g/mol. The molecule has 1 aliphatic carbocycles. The summed E-state index contributed by atoms with van der Waals surface area (Å²) in [7, 11) is 6.13. The smallest absolute Gasteiger partial charge is 0.344 e. The average Bonchev–Trinajstić information content (AvgIpc) is 3.59. The van der Waals surface area contributed by atoms with Crippen LogP contribution < -0.4 is 9.64 Å². The number of hydrogen-bond donors (Lipinski definition) is 3. The molecule has 10 rings (SSSR count). The fraction of sp³-hybridized carbons (Fsp3) is 0.587. The van der Waals surface area contributed by atoms with E-state index in [2.05, 4.69) is 33.0 Å². The van der Waals surface area contributed by atoms with Gasteiger partial charge in [0.1, 0.15) is 23.0 Å². The van der Waals surface area contributed by atoms with E-state index in [1.54, 1.807) is 7.11 Å². The minimum atomic E-state index is -2.31. The van der Waals surface area contributed by atoms with Crippen molar-refractivity contribution in [2.45, 2.75) is 105 Å². The van der Waals surface area contributed by atoms with E-state index in [1.165, 1.54) is 21.1 Å². The molecule has 320 valence electrons. The van der Waals surface area contributed by atoms with E-state index < -0.39 is 63.7 Å². The Kier molecular flexibility index (Phi) is 8.77. The van der Waals surface area contributed by atoms with Gasteiger partial charge in [0.15, 0.2) is 6.10 Å². The van der Waals surface area contributed by atoms with Crippen LogP contribution in [0.3, 0.4) is 0 Å². The highest BCUT2D eigenvalue weighted by molar-refractivity contribution is 5.95. The molecule has 1 saturated carbocycles. The fourth-order valence-corrected chi connectivity index (χ4v) is 13.9. The third-order valence-electron chi connectivity index (χ3n) is 16.2. The van der Waals surface area contributed by atoms with Crippen molar-refractivity contribution in [3.05, 3.63) is 70.9 Å². The molecule has 12 unspecified atom stereocenters. The van der Waals surface area contributed by atoms with E-state index in [0.717, 1.165) is 27.7 Å². The van der Waals surface area contributed by atoms with Crippen LogP contribution in [0, 0.1) is 11.3 Å². The van der Waals surface area contributed by atoms with E-state index in [-0.39, 0.29) is 24.5 Å². The first-order valence-corrected chi connectivity index (χ1v) is 21.4. The van der Waals surface area contributed by atoms with Gasteiger partial charge in [0.05, 0.1) is 33.5 Å². The summed E-state index contributed by atoms with van der Waals surface area (Å²) < 4.78 is 30.5. The number of carbonyl (C=O) groups is 3. The number of methoxy groups -OCH3 is 3. The minimum absolute atomic E-state index is 0.182. The van der Waals surface area contributed by atoms with Gasteiger partial charge < -0.3 is 43.8 Å². The van der Waals surface area contributed by atoms with E-state index in [1.807, 2.05) is 56.1 Å². The molecule has 7 aliphatic rings. The summed E-state index contributed by atoms with van der Waals surface area (Å²) in [5, 5.41) is 26.1. The summed E-state index contributed by atoms with van der Waals surface area (Å²) >= 11 is 0. The molecule has 2 bridgehead atoms. The maximum absolute atomic E-state index is 15.4. The van der Waals surface area contributed by atoms with Gasteiger partial charge in [0.2, 0.25) is 5.60 Å². The van der Waals surface area contributed by atoms with Crippen LogP contribution in [0.1, 0.15) is 68.8 Å². The summed E-state index contributed by atoms with van der Waals surface area (Å²) in [4.78, 5) is 53.0. The standard InChI is InChI=1S/C46H56N4O10/c1-8-42-16-12-18-49-20-17-43(36(42)49)29-21-30(33(56-5)22-32(29)48(4)37(43)46(55,41(54)58-7)38(42)59-25(3)51)44(40(53)57-6)23-26-24-50(39(52)45(9-2)35(26)60-45)19-15-28-27-13-10-11-14-31(27)47-34(28)44/h10-14,16,21-22,26,35-39,47,52,55H,8-9,15,17-20,23-24H2,1-7H3. The van der Waals surface area contributed by atoms with E-state index >= 15 is 4.79 Å². The van der Waals surface area contributed by atoms with Gasteiger partial charge in [-0.15, -0.1) is 0 Å². The van der Waals surface area contributed by atoms with Crippen LogP contribution in [0.15, 0.2) is 48.6 Å². The van der Waals surface area contributed by atoms with Gasteiger partial charge in [0, 0.05) is 90.3 Å². The number of ether oxygens (including phenoxy) is 5. The van der Waals surface area contributed by atoms with E-state index in [4.69, 9.17) is 23.7 Å². The van der Waals surface area contributed by atoms with Crippen molar-refractivity contribution in [3.8, 4) is 5.75 Å². The van der Waals surface area contributed by atoms with Crippen LogP contribution in [-0.4, -0.2) is 139 Å². The molecule has 12 atom stereocenters. The van der Waals surface area contributed by atoms with Gasteiger partial charge in [-0.25, -0.2) is 4.79 Å². The number of anilines is 1. The lowest BCUT2D eigenvalue weighted by Gasteiger charge is -2.63. The fourth-order valence-electron chi connectivity index (χ4n) is 13.9. The monoisotopic (exact) mass is 824 g/mol. The number of piperidine rings is 1. The number of carbonyl (C=O) groups excluding carboxylic acids is 3. The Morgan fingerprint density at radius 1 is 0.983 bits per heavy atom. The van der Waals surface area contributed by atoms with Gasteiger partial charge in [-0.2, -0.15) is 0 Å². The van der Waals surface area contributed by atoms with Crippen molar-refractivity contribution in [2.24, 2.45) is 11.3 Å². The van der Waals surface area contributed by atoms with Gasteiger partial charge in [0.25, 0.3) is 0 Å². The number of hydrogen-bond acceptors (Lipinski definition) is 13. The van der Waals surface area contributed by atoms with E-state index in [9.17, 15) is 19.8 Å². The molecule has 2 aromatic carbocycles. The summed E-state index contributed by atoms with van der Waals surface area (Å²) in [6.45, 7) is 7.71. The summed E-state index contributed by atoms with van der Waals surface area (Å²) in [6.07, 6.45) is 4.22. The zero-order chi connectivity index (χ0) is 42.3. The molecule has 3 saturated heterocycles. The molecule has 0 amide bonds. The number of rotatable bonds is 7. The van der Waals surface area contributed by atoms with Crippen molar-refractivity contribution in [1.82, 2.24) is 14.8 Å². The molecule has 3 N–H and O–H groups in total. The number of esters is 3. The maximum Gasteiger partial charge on any atom is 0.344 e. The number of aliphatic hydroxyl groups excluding tert-OH is 1. The van der Waals surface area contributed by atoms with Crippen molar-refractivity contribution in [2.75, 3.05) is 59.5 Å². The Balaban J connectivity index is 1.28. The van der Waals surface area contributed by atoms with Gasteiger partial charge >= 0.3 is 17.9 Å². The Morgan fingerprint density at radius 2 is 1.75 bits per heavy atom. The van der Waals surface area contributed by atoms with Crippen LogP contribution in [0.2, 0.25) is 0 Å². The number of nitrogens with one attached hydrogen (secondary N) is 1. The SMILES string of the molecule is CCC12C=CCN3CCC4(c5cc(C6(C(=O)OC)CC7CN(CCc8c6[nH]c6ccccc86)C(O)C6(CC)OC76)c(OC)cc5N(C)C4C(O)(C(=O)OC)C1OC(C)=O)C32. The van der Waals surface area contributed by atoms with Crippen LogP contribution >= 0.6 is 0 Å². The highest BCUT2D eigenvalue weighted by Crippen LogP contribution is 2.68. The molecule has 4 fully saturated rings. The zero-order valence-corrected chi connectivity index (χ0v) is 35.4. The summed E-state index contributed by atoms with van der Waals surface area (Å²) in [6, 6.07) is 10.8. The number of aromatic nitrogens is 1. The number of H-pyrrole nitrogens is 1. The number of fused-ring (bicyclic) bond motifs is 8. The maximum atomic E-state index is 15.4. The highest BCUT2D eigenvalue weighted by atomic mass is 16.6. The van der Waals surface area contributed by atoms with Gasteiger partial charge in [-0.05, 0) is 61.9 Å². The normalized spacial score (nSPS) is 39.5. The van der Waals surface area contributed by atoms with Gasteiger partial charge in [-0.1, -0.05) is 44.2 Å². The number of aromatic amines is 1. The Hall–Kier alpha value is -4.47. The van der Waals surface area contributed by atoms with Crippen molar-refractivity contribution >= 4 is 34.5 Å². The number of epoxide rings is 1. The number of aliphatic hydroxyl groups is 2. The number of nitrogens with zero attached hydrogens (tertiary/aromatic N) is 3. The summed E-state index contributed by atoms with van der Waals surface area (Å²) in [5.74, 6) is -1.69. The number of benzene rings is 2. The second-order valence-corrected chi connectivity index (χ2v) is 18.3. The second-order valence-electron chi connectivity index (χ2n) is 18.3. The van der Waals surface area contributed by atoms with Crippen molar-refractivity contribution in [3.63, 3.8) is 0 Å². The molecule has 3 aromatic rings. The molecule has 6 aliphatic heterocycles. The lowest BCUT2D eigenvalue weighted by atomic mass is 9.47. The van der Waals surface area contributed by atoms with Crippen molar-refractivity contribution in [1.29, 1.82) is 0 Å². The molecule has 1 aromatic heterocycles. The Morgan fingerprint density at radius 3 is 2.45 bits per heavy atom. The zero-order valence-electron chi connectivity index (χ0n) is 35.4. The predicted octanol–water partition coefficient (Wildman–Crippen LogP) is 3.33.